The van der Waals surface area contributed by atoms with Crippen molar-refractivity contribution in [2.24, 2.45) is 0 Å². The molecule has 1 N–H and O–H groups in total. The van der Waals surface area contributed by atoms with E-state index in [1.165, 1.54) is 10.6 Å². The van der Waals surface area contributed by atoms with Gasteiger partial charge in [-0.15, -0.1) is 0 Å². The number of carbonyl (C=O) groups excluding carboxylic acids is 1. The molecule has 2 aromatic carbocycles. The number of rotatable bonds is 4. The van der Waals surface area contributed by atoms with E-state index in [2.05, 4.69) is 27.1 Å². The van der Waals surface area contributed by atoms with Crippen molar-refractivity contribution in [2.45, 2.75) is 39.3 Å². The highest BCUT2D eigenvalue weighted by Gasteiger charge is 2.21. The second-order valence-corrected chi connectivity index (χ2v) is 10.1. The lowest BCUT2D eigenvalue weighted by Crippen LogP contribution is -2.43. The van der Waals surface area contributed by atoms with Gasteiger partial charge in [0, 0.05) is 36.4 Å². The Morgan fingerprint density at radius 2 is 1.80 bits per heavy atom. The Labute approximate surface area is 203 Å². The number of fused-ring (bicyclic) bond motifs is 1. The highest BCUT2D eigenvalue weighted by Crippen LogP contribution is 2.25. The lowest BCUT2D eigenvalue weighted by molar-refractivity contribution is -0.123. The second kappa shape index (κ2) is 9.73. The molecule has 0 radical (unpaired) electrons. The van der Waals surface area contributed by atoms with Crippen LogP contribution in [0.3, 0.4) is 0 Å². The summed E-state index contributed by atoms with van der Waals surface area (Å²) in [5.74, 6) is -2.32. The maximum absolute atomic E-state index is 14.0. The Morgan fingerprint density at radius 3 is 2.51 bits per heavy atom. The van der Waals surface area contributed by atoms with Crippen LogP contribution in [0.1, 0.15) is 27.2 Å². The molecule has 35 heavy (non-hydrogen) atoms. The number of benzene rings is 2. The normalized spacial score (nSPS) is 15.3. The molecule has 1 saturated heterocycles. The van der Waals surface area contributed by atoms with E-state index in [1.54, 1.807) is 6.07 Å². The minimum Gasteiger partial charge on any atom is -0.370 e. The molecule has 7 nitrogen and oxygen atoms in total. The number of aromatic nitrogens is 2. The number of anilines is 1. The summed E-state index contributed by atoms with van der Waals surface area (Å²) in [5.41, 5.74) is 0.648. The summed E-state index contributed by atoms with van der Waals surface area (Å²) in [7, 11) is 2.09. The first-order valence-corrected chi connectivity index (χ1v) is 11.8. The van der Waals surface area contributed by atoms with Crippen molar-refractivity contribution in [2.75, 3.05) is 38.1 Å². The third-order valence-corrected chi connectivity index (χ3v) is 6.02. The maximum Gasteiger partial charge on any atom is 0.262 e. The molecule has 1 aromatic heterocycles. The zero-order valence-electron chi connectivity index (χ0n) is 20.6. The van der Waals surface area contributed by atoms with Crippen molar-refractivity contribution < 1.29 is 13.6 Å². The number of amides is 1. The van der Waals surface area contributed by atoms with Gasteiger partial charge in [0.25, 0.3) is 5.56 Å². The average Bonchev–Trinajstić information content (AvgIpc) is 3.00. The van der Waals surface area contributed by atoms with Gasteiger partial charge >= 0.3 is 0 Å². The van der Waals surface area contributed by atoms with Crippen LogP contribution >= 0.6 is 0 Å². The molecule has 1 fully saturated rings. The molecule has 0 aliphatic carbocycles. The second-order valence-electron chi connectivity index (χ2n) is 10.1. The standard InChI is InChI=1S/C26H31F2N5O2/c1-26(2,3)30-23(34)16-33-24(17-6-8-20(27)21(28)14-17)29-22-9-7-18(15-19(22)25(33)35)32-11-5-10-31(4)12-13-32/h6-9,14-15H,5,10-13,16H2,1-4H3,(H,30,34). The lowest BCUT2D eigenvalue weighted by Gasteiger charge is -2.24. The van der Waals surface area contributed by atoms with E-state index in [1.807, 2.05) is 32.9 Å². The molecular weight excluding hydrogens is 452 g/mol. The van der Waals surface area contributed by atoms with Gasteiger partial charge in [-0.1, -0.05) is 0 Å². The molecule has 1 aliphatic rings. The molecule has 186 valence electrons. The Balaban J connectivity index is 1.83. The molecule has 2 heterocycles. The Hall–Kier alpha value is -3.33. The summed E-state index contributed by atoms with van der Waals surface area (Å²) < 4.78 is 28.9. The number of nitrogens with zero attached hydrogens (tertiary/aromatic N) is 4. The highest BCUT2D eigenvalue weighted by atomic mass is 19.2. The van der Waals surface area contributed by atoms with E-state index in [9.17, 15) is 18.4 Å². The van der Waals surface area contributed by atoms with Crippen molar-refractivity contribution in [3.05, 3.63) is 58.4 Å². The van der Waals surface area contributed by atoms with Gasteiger partial charge in [0.2, 0.25) is 5.91 Å². The summed E-state index contributed by atoms with van der Waals surface area (Å²) in [6.07, 6.45) is 1.01. The molecule has 0 spiro atoms. The predicted octanol–water partition coefficient (Wildman–Crippen LogP) is 3.40. The fraction of sp³-hybridized carbons (Fsp3) is 0.423. The SMILES string of the molecule is CN1CCCN(c2ccc3nc(-c4ccc(F)c(F)c4)n(CC(=O)NC(C)(C)C)c(=O)c3c2)CC1. The molecule has 0 bridgehead atoms. The summed E-state index contributed by atoms with van der Waals surface area (Å²) >= 11 is 0. The monoisotopic (exact) mass is 483 g/mol. The molecule has 9 heteroatoms. The zero-order valence-corrected chi connectivity index (χ0v) is 20.6. The number of likely N-dealkylation sites (N-methyl/N-ethyl adjacent to an activating group) is 1. The van der Waals surface area contributed by atoms with E-state index in [4.69, 9.17) is 0 Å². The van der Waals surface area contributed by atoms with Gasteiger partial charge in [0.05, 0.1) is 10.9 Å². The summed E-state index contributed by atoms with van der Waals surface area (Å²) in [6, 6.07) is 8.83. The minimum absolute atomic E-state index is 0.106. The van der Waals surface area contributed by atoms with Crippen LogP contribution in [0.4, 0.5) is 14.5 Å². The van der Waals surface area contributed by atoms with Gasteiger partial charge in [-0.3, -0.25) is 14.2 Å². The zero-order chi connectivity index (χ0) is 25.3. The van der Waals surface area contributed by atoms with E-state index in [0.29, 0.717) is 10.9 Å². The third-order valence-electron chi connectivity index (χ3n) is 6.02. The summed E-state index contributed by atoms with van der Waals surface area (Å²) in [6.45, 7) is 8.87. The van der Waals surface area contributed by atoms with Gasteiger partial charge < -0.3 is 15.1 Å². The number of halogens is 2. The van der Waals surface area contributed by atoms with Crippen molar-refractivity contribution in [3.8, 4) is 11.4 Å². The first kappa shape index (κ1) is 24.8. The largest absolute Gasteiger partial charge is 0.370 e. The molecule has 0 atom stereocenters. The molecular formula is C26H31F2N5O2. The lowest BCUT2D eigenvalue weighted by atomic mass is 10.1. The van der Waals surface area contributed by atoms with Gasteiger partial charge in [0.1, 0.15) is 12.4 Å². The Morgan fingerprint density at radius 1 is 1.03 bits per heavy atom. The van der Waals surface area contributed by atoms with Gasteiger partial charge in [0.15, 0.2) is 11.6 Å². The number of nitrogens with one attached hydrogen (secondary N) is 1. The first-order chi connectivity index (χ1) is 16.5. The maximum atomic E-state index is 14.0. The van der Waals surface area contributed by atoms with Crippen LogP contribution in [-0.4, -0.2) is 59.1 Å². The number of hydrogen-bond acceptors (Lipinski definition) is 5. The molecule has 4 rings (SSSR count). The minimum atomic E-state index is -1.05. The van der Waals surface area contributed by atoms with Crippen LogP contribution in [0.25, 0.3) is 22.3 Å². The Bertz CT molecular complexity index is 1320. The quantitative estimate of drug-likeness (QED) is 0.616. The van der Waals surface area contributed by atoms with Crippen molar-refractivity contribution in [1.29, 1.82) is 0 Å². The smallest absolute Gasteiger partial charge is 0.262 e. The summed E-state index contributed by atoms with van der Waals surface area (Å²) in [4.78, 5) is 35.6. The van der Waals surface area contributed by atoms with Crippen molar-refractivity contribution in [1.82, 2.24) is 19.8 Å². The average molecular weight is 484 g/mol. The first-order valence-electron chi connectivity index (χ1n) is 11.8. The van der Waals surface area contributed by atoms with E-state index < -0.39 is 22.7 Å². The predicted molar refractivity (Wildman–Crippen MR) is 134 cm³/mol. The fourth-order valence-electron chi connectivity index (χ4n) is 4.31. The fourth-order valence-corrected chi connectivity index (χ4v) is 4.31. The Kier molecular flexibility index (Phi) is 6.89. The van der Waals surface area contributed by atoms with Crippen LogP contribution in [0.15, 0.2) is 41.2 Å². The van der Waals surface area contributed by atoms with Crippen molar-refractivity contribution >= 4 is 22.5 Å². The topological polar surface area (TPSA) is 70.5 Å². The van der Waals surface area contributed by atoms with Crippen LogP contribution in [0.5, 0.6) is 0 Å². The van der Waals surface area contributed by atoms with E-state index >= 15 is 0 Å². The molecule has 1 amide bonds. The number of carbonyl (C=O) groups is 1. The highest BCUT2D eigenvalue weighted by molar-refractivity contribution is 5.84. The van der Waals surface area contributed by atoms with Crippen LogP contribution in [-0.2, 0) is 11.3 Å². The van der Waals surface area contributed by atoms with Crippen molar-refractivity contribution in [3.63, 3.8) is 0 Å². The van der Waals surface area contributed by atoms with Gasteiger partial charge in [-0.25, -0.2) is 13.8 Å². The molecule has 0 unspecified atom stereocenters. The van der Waals surface area contributed by atoms with Gasteiger partial charge in [-0.2, -0.15) is 0 Å². The molecule has 0 saturated carbocycles. The number of hydrogen-bond donors (Lipinski definition) is 1. The molecule has 3 aromatic rings. The van der Waals surface area contributed by atoms with Crippen LogP contribution in [0.2, 0.25) is 0 Å². The van der Waals surface area contributed by atoms with E-state index in [0.717, 1.165) is 50.4 Å². The van der Waals surface area contributed by atoms with E-state index in [-0.39, 0.29) is 23.8 Å². The summed E-state index contributed by atoms with van der Waals surface area (Å²) in [5, 5.41) is 3.21. The third kappa shape index (κ3) is 5.67. The van der Waals surface area contributed by atoms with Crippen LogP contribution < -0.4 is 15.8 Å². The van der Waals surface area contributed by atoms with Gasteiger partial charge in [-0.05, 0) is 77.2 Å². The molecule has 1 aliphatic heterocycles. The van der Waals surface area contributed by atoms with Crippen LogP contribution in [0, 0.1) is 11.6 Å².